The topological polar surface area (TPSA) is 77.6 Å². The number of rotatable bonds is 4. The van der Waals surface area contributed by atoms with Crippen LogP contribution in [0.5, 0.6) is 0 Å². The highest BCUT2D eigenvalue weighted by Gasteiger charge is 2.35. The molecule has 0 aliphatic carbocycles. The van der Waals surface area contributed by atoms with Crippen LogP contribution in [0.25, 0.3) is 0 Å². The van der Waals surface area contributed by atoms with Gasteiger partial charge < -0.3 is 0 Å². The van der Waals surface area contributed by atoms with Crippen LogP contribution in [0.1, 0.15) is 21.7 Å². The van der Waals surface area contributed by atoms with Gasteiger partial charge in [-0.1, -0.05) is 30.3 Å². The maximum atomic E-state index is 12.6. The van der Waals surface area contributed by atoms with Gasteiger partial charge in [0, 0.05) is 13.1 Å². The summed E-state index contributed by atoms with van der Waals surface area (Å²) < 4.78 is 40.3. The Balaban J connectivity index is 1.71. The number of hydrogen-bond donors (Lipinski definition) is 1. The second-order valence-corrected chi connectivity index (χ2v) is 5.24. The van der Waals surface area contributed by atoms with E-state index in [1.54, 1.807) is 0 Å². The van der Waals surface area contributed by atoms with Crippen LogP contribution in [-0.4, -0.2) is 30.5 Å². The number of amides is 1. The molecule has 10 heteroatoms. The summed E-state index contributed by atoms with van der Waals surface area (Å²) in [6.45, 7) is 0.452. The number of halogens is 3. The molecule has 0 atom stereocenters. The molecule has 0 radical (unpaired) electrons. The molecule has 0 aliphatic heterocycles. The van der Waals surface area contributed by atoms with E-state index < -0.39 is 17.8 Å². The standard InChI is InChI=1S/C15H13F3N6O/c1-23-11(7-12(21-23)15(16,17)18)13(25)20-14-19-9-24(22-14)8-10-5-3-2-4-6-10/h2-7,9H,8H2,1H3,(H,20,22,25). The van der Waals surface area contributed by atoms with E-state index in [9.17, 15) is 18.0 Å². The van der Waals surface area contributed by atoms with E-state index in [1.807, 2.05) is 30.3 Å². The van der Waals surface area contributed by atoms with Crippen molar-refractivity contribution in [2.75, 3.05) is 5.32 Å². The van der Waals surface area contributed by atoms with Crippen LogP contribution in [0.3, 0.4) is 0 Å². The fourth-order valence-corrected chi connectivity index (χ4v) is 2.18. The number of benzene rings is 1. The van der Waals surface area contributed by atoms with Crippen molar-refractivity contribution in [1.29, 1.82) is 0 Å². The Morgan fingerprint density at radius 3 is 2.56 bits per heavy atom. The molecule has 0 saturated heterocycles. The van der Waals surface area contributed by atoms with E-state index in [-0.39, 0.29) is 11.6 Å². The summed E-state index contributed by atoms with van der Waals surface area (Å²) in [4.78, 5) is 16.0. The zero-order valence-corrected chi connectivity index (χ0v) is 13.0. The predicted molar refractivity (Wildman–Crippen MR) is 81.7 cm³/mol. The van der Waals surface area contributed by atoms with Gasteiger partial charge in [0.2, 0.25) is 5.95 Å². The van der Waals surface area contributed by atoms with Gasteiger partial charge in [0.15, 0.2) is 5.69 Å². The third kappa shape index (κ3) is 3.84. The maximum absolute atomic E-state index is 12.6. The van der Waals surface area contributed by atoms with Crippen molar-refractivity contribution in [3.63, 3.8) is 0 Å². The minimum Gasteiger partial charge on any atom is -0.288 e. The summed E-state index contributed by atoms with van der Waals surface area (Å²) in [7, 11) is 1.26. The lowest BCUT2D eigenvalue weighted by molar-refractivity contribution is -0.141. The number of aromatic nitrogens is 5. The first-order chi connectivity index (χ1) is 11.8. The van der Waals surface area contributed by atoms with Crippen LogP contribution in [-0.2, 0) is 19.8 Å². The molecule has 25 heavy (non-hydrogen) atoms. The Hall–Kier alpha value is -3.17. The predicted octanol–water partition coefficient (Wildman–Crippen LogP) is 2.33. The smallest absolute Gasteiger partial charge is 0.288 e. The van der Waals surface area contributed by atoms with E-state index in [1.165, 1.54) is 18.1 Å². The van der Waals surface area contributed by atoms with Gasteiger partial charge >= 0.3 is 6.18 Å². The summed E-state index contributed by atoms with van der Waals surface area (Å²) in [6, 6.07) is 10.2. The average Bonchev–Trinajstić information content (AvgIpc) is 3.14. The Morgan fingerprint density at radius 1 is 1.20 bits per heavy atom. The van der Waals surface area contributed by atoms with Crippen LogP contribution in [0.2, 0.25) is 0 Å². The Bertz CT molecular complexity index is 884. The number of anilines is 1. The Kier molecular flexibility index (Phi) is 4.26. The molecule has 1 N–H and O–H groups in total. The maximum Gasteiger partial charge on any atom is 0.435 e. The fourth-order valence-electron chi connectivity index (χ4n) is 2.18. The zero-order valence-electron chi connectivity index (χ0n) is 13.0. The van der Waals surface area contributed by atoms with E-state index >= 15 is 0 Å². The molecule has 130 valence electrons. The van der Waals surface area contributed by atoms with Gasteiger partial charge in [0.1, 0.15) is 12.0 Å². The Labute approximate surface area is 140 Å². The monoisotopic (exact) mass is 350 g/mol. The van der Waals surface area contributed by atoms with Gasteiger partial charge in [0.05, 0.1) is 6.54 Å². The van der Waals surface area contributed by atoms with E-state index in [4.69, 9.17) is 0 Å². The lowest BCUT2D eigenvalue weighted by Gasteiger charge is -2.01. The quantitative estimate of drug-likeness (QED) is 0.783. The molecule has 7 nitrogen and oxygen atoms in total. The van der Waals surface area contributed by atoms with E-state index in [0.29, 0.717) is 12.6 Å². The highest BCUT2D eigenvalue weighted by Crippen LogP contribution is 2.28. The largest absolute Gasteiger partial charge is 0.435 e. The molecule has 3 rings (SSSR count). The number of alkyl halides is 3. The van der Waals surface area contributed by atoms with Crippen LogP contribution in [0.15, 0.2) is 42.7 Å². The van der Waals surface area contributed by atoms with Gasteiger partial charge in [-0.3, -0.25) is 14.8 Å². The number of hydrogen-bond acceptors (Lipinski definition) is 4. The third-order valence-corrected chi connectivity index (χ3v) is 3.35. The number of carbonyl (C=O) groups excluding carboxylic acids is 1. The molecular formula is C15H13F3N6O. The highest BCUT2D eigenvalue weighted by atomic mass is 19.4. The second kappa shape index (κ2) is 6.38. The van der Waals surface area contributed by atoms with Crippen LogP contribution in [0.4, 0.5) is 19.1 Å². The number of aryl methyl sites for hydroxylation is 1. The number of nitrogens with one attached hydrogen (secondary N) is 1. The highest BCUT2D eigenvalue weighted by molar-refractivity contribution is 6.02. The Morgan fingerprint density at radius 2 is 1.92 bits per heavy atom. The van der Waals surface area contributed by atoms with E-state index in [2.05, 4.69) is 20.5 Å². The average molecular weight is 350 g/mol. The second-order valence-electron chi connectivity index (χ2n) is 5.24. The molecule has 0 spiro atoms. The first kappa shape index (κ1) is 16.7. The van der Waals surface area contributed by atoms with Crippen molar-refractivity contribution in [2.24, 2.45) is 7.05 Å². The molecule has 0 aliphatic rings. The third-order valence-electron chi connectivity index (χ3n) is 3.35. The first-order valence-corrected chi connectivity index (χ1v) is 7.19. The van der Waals surface area contributed by atoms with Crippen molar-refractivity contribution in [2.45, 2.75) is 12.7 Å². The summed E-state index contributed by atoms with van der Waals surface area (Å²) in [5.41, 5.74) is -0.388. The van der Waals surface area contributed by atoms with Gasteiger partial charge in [-0.05, 0) is 5.56 Å². The van der Waals surface area contributed by atoms with Crippen molar-refractivity contribution < 1.29 is 18.0 Å². The summed E-state index contributed by atoms with van der Waals surface area (Å²) in [5.74, 6) is -0.779. The minimum absolute atomic E-state index is 0.00399. The van der Waals surface area contributed by atoms with E-state index in [0.717, 1.165) is 10.2 Å². The summed E-state index contributed by atoms with van der Waals surface area (Å²) in [5, 5.41) is 9.73. The van der Waals surface area contributed by atoms with Crippen LogP contribution >= 0.6 is 0 Å². The SMILES string of the molecule is Cn1nc(C(F)(F)F)cc1C(=O)Nc1ncn(Cc2ccccc2)n1. The fraction of sp³-hybridized carbons (Fsp3) is 0.200. The van der Waals surface area contributed by atoms with Gasteiger partial charge in [-0.2, -0.15) is 18.3 Å². The number of carbonyl (C=O) groups is 1. The molecule has 2 heterocycles. The lowest BCUT2D eigenvalue weighted by atomic mass is 10.2. The van der Waals surface area contributed by atoms with Crippen molar-refractivity contribution in [3.8, 4) is 0 Å². The number of nitrogens with zero attached hydrogens (tertiary/aromatic N) is 5. The summed E-state index contributed by atoms with van der Waals surface area (Å²) in [6.07, 6.45) is -3.20. The molecular weight excluding hydrogens is 337 g/mol. The molecule has 0 fully saturated rings. The first-order valence-electron chi connectivity index (χ1n) is 7.19. The molecule has 1 amide bonds. The normalized spacial score (nSPS) is 11.5. The molecule has 2 aromatic heterocycles. The van der Waals surface area contributed by atoms with Crippen LogP contribution < -0.4 is 5.32 Å². The van der Waals surface area contributed by atoms with Crippen molar-refractivity contribution in [3.05, 3.63) is 59.7 Å². The minimum atomic E-state index is -4.62. The van der Waals surface area contributed by atoms with Gasteiger partial charge in [0.25, 0.3) is 5.91 Å². The zero-order chi connectivity index (χ0) is 18.0. The molecule has 1 aromatic carbocycles. The van der Waals surface area contributed by atoms with Gasteiger partial charge in [-0.25, -0.2) is 9.67 Å². The van der Waals surface area contributed by atoms with Gasteiger partial charge in [-0.15, -0.1) is 5.10 Å². The van der Waals surface area contributed by atoms with Crippen LogP contribution in [0, 0.1) is 0 Å². The molecule has 0 saturated carbocycles. The summed E-state index contributed by atoms with van der Waals surface area (Å²) >= 11 is 0. The molecule has 3 aromatic rings. The van der Waals surface area contributed by atoms with Crippen molar-refractivity contribution in [1.82, 2.24) is 24.5 Å². The van der Waals surface area contributed by atoms with Crippen molar-refractivity contribution >= 4 is 11.9 Å². The molecule has 0 bridgehead atoms. The molecule has 0 unspecified atom stereocenters. The lowest BCUT2D eigenvalue weighted by Crippen LogP contribution is -2.17.